The number of benzene rings is 1. The quantitative estimate of drug-likeness (QED) is 0.757. The van der Waals surface area contributed by atoms with Gasteiger partial charge >= 0.3 is 0 Å². The SMILES string of the molecule is CC(CCN(C)C)NS(=O)(=O)c1cccc(C#CCO)c1. The number of aliphatic hydroxyl groups excluding tert-OH is 1. The third-order valence-corrected chi connectivity index (χ3v) is 4.41. The summed E-state index contributed by atoms with van der Waals surface area (Å²) in [6.07, 6.45) is 0.732. The van der Waals surface area contributed by atoms with E-state index in [1.165, 1.54) is 12.1 Å². The maximum absolute atomic E-state index is 12.3. The fraction of sp³-hybridized carbons (Fsp3) is 0.467. The van der Waals surface area contributed by atoms with Gasteiger partial charge in [0.05, 0.1) is 4.90 Å². The summed E-state index contributed by atoms with van der Waals surface area (Å²) in [6, 6.07) is 6.23. The molecule has 1 aromatic rings. The van der Waals surface area contributed by atoms with Gasteiger partial charge in [-0.1, -0.05) is 17.9 Å². The molecule has 2 N–H and O–H groups in total. The van der Waals surface area contributed by atoms with Gasteiger partial charge in [0, 0.05) is 11.6 Å². The van der Waals surface area contributed by atoms with Crippen LogP contribution < -0.4 is 4.72 Å². The third kappa shape index (κ3) is 6.27. The molecule has 0 aromatic heterocycles. The molecule has 0 saturated heterocycles. The van der Waals surface area contributed by atoms with Crippen molar-refractivity contribution in [3.05, 3.63) is 29.8 Å². The normalized spacial score (nSPS) is 12.8. The first-order chi connectivity index (χ1) is 9.85. The van der Waals surface area contributed by atoms with Gasteiger partial charge < -0.3 is 10.0 Å². The van der Waals surface area contributed by atoms with E-state index in [0.717, 1.165) is 13.0 Å². The molecule has 0 aliphatic heterocycles. The van der Waals surface area contributed by atoms with Crippen LogP contribution in [0.15, 0.2) is 29.2 Å². The van der Waals surface area contributed by atoms with E-state index in [1.54, 1.807) is 12.1 Å². The van der Waals surface area contributed by atoms with E-state index in [4.69, 9.17) is 5.11 Å². The van der Waals surface area contributed by atoms with E-state index in [2.05, 4.69) is 16.6 Å². The zero-order valence-corrected chi connectivity index (χ0v) is 13.4. The van der Waals surface area contributed by atoms with Crippen LogP contribution in [0.3, 0.4) is 0 Å². The fourth-order valence-electron chi connectivity index (χ4n) is 1.73. The van der Waals surface area contributed by atoms with E-state index in [1.807, 2.05) is 25.9 Å². The lowest BCUT2D eigenvalue weighted by atomic mass is 10.2. The van der Waals surface area contributed by atoms with Crippen molar-refractivity contribution in [1.29, 1.82) is 0 Å². The molecule has 0 heterocycles. The van der Waals surface area contributed by atoms with Crippen molar-refractivity contribution >= 4 is 10.0 Å². The molecule has 116 valence electrons. The molecule has 1 atom stereocenters. The van der Waals surface area contributed by atoms with Gasteiger partial charge in [0.2, 0.25) is 10.0 Å². The summed E-state index contributed by atoms with van der Waals surface area (Å²) in [5.41, 5.74) is 0.563. The Bertz CT molecular complexity index is 615. The fourth-order valence-corrected chi connectivity index (χ4v) is 3.05. The van der Waals surface area contributed by atoms with Crippen LogP contribution in [-0.2, 0) is 10.0 Å². The monoisotopic (exact) mass is 310 g/mol. The maximum atomic E-state index is 12.3. The van der Waals surface area contributed by atoms with Gasteiger partial charge in [-0.25, -0.2) is 13.1 Å². The molecule has 0 saturated carbocycles. The lowest BCUT2D eigenvalue weighted by Gasteiger charge is -2.17. The van der Waals surface area contributed by atoms with Crippen LogP contribution in [0.1, 0.15) is 18.9 Å². The minimum atomic E-state index is -3.55. The van der Waals surface area contributed by atoms with Crippen LogP contribution in [0.5, 0.6) is 0 Å². The molecule has 0 fully saturated rings. The molecule has 0 radical (unpaired) electrons. The number of rotatable bonds is 6. The second-order valence-electron chi connectivity index (χ2n) is 5.10. The van der Waals surface area contributed by atoms with E-state index in [0.29, 0.717) is 5.56 Å². The molecular weight excluding hydrogens is 288 g/mol. The zero-order chi connectivity index (χ0) is 15.9. The van der Waals surface area contributed by atoms with Gasteiger partial charge in [-0.2, -0.15) is 0 Å². The highest BCUT2D eigenvalue weighted by Gasteiger charge is 2.17. The number of hydrogen-bond acceptors (Lipinski definition) is 4. The lowest BCUT2D eigenvalue weighted by Crippen LogP contribution is -2.34. The molecule has 6 heteroatoms. The topological polar surface area (TPSA) is 69.6 Å². The minimum Gasteiger partial charge on any atom is -0.384 e. The highest BCUT2D eigenvalue weighted by molar-refractivity contribution is 7.89. The summed E-state index contributed by atoms with van der Waals surface area (Å²) < 4.78 is 27.2. The van der Waals surface area contributed by atoms with Crippen LogP contribution in [0.2, 0.25) is 0 Å². The highest BCUT2D eigenvalue weighted by Crippen LogP contribution is 2.12. The zero-order valence-electron chi connectivity index (χ0n) is 12.6. The van der Waals surface area contributed by atoms with Gasteiger partial charge in [-0.3, -0.25) is 0 Å². The van der Waals surface area contributed by atoms with Gasteiger partial charge in [0.15, 0.2) is 0 Å². The number of hydrogen-bond donors (Lipinski definition) is 2. The van der Waals surface area contributed by atoms with Crippen molar-refractivity contribution < 1.29 is 13.5 Å². The molecule has 21 heavy (non-hydrogen) atoms. The van der Waals surface area contributed by atoms with Crippen LogP contribution in [-0.4, -0.2) is 51.7 Å². The first kappa shape index (κ1) is 17.7. The summed E-state index contributed by atoms with van der Waals surface area (Å²) in [4.78, 5) is 2.19. The number of aliphatic hydroxyl groups is 1. The Kier molecular flexibility index (Phi) is 6.85. The van der Waals surface area contributed by atoms with Gasteiger partial charge in [-0.05, 0) is 52.2 Å². The summed E-state index contributed by atoms with van der Waals surface area (Å²) >= 11 is 0. The first-order valence-corrected chi connectivity index (χ1v) is 8.20. The molecule has 0 aliphatic carbocycles. The minimum absolute atomic E-state index is 0.149. The molecule has 1 rings (SSSR count). The molecule has 0 aliphatic rings. The highest BCUT2D eigenvalue weighted by atomic mass is 32.2. The van der Waals surface area contributed by atoms with E-state index < -0.39 is 10.0 Å². The van der Waals surface area contributed by atoms with Gasteiger partial charge in [0.25, 0.3) is 0 Å². The molecule has 1 unspecified atom stereocenters. The van der Waals surface area contributed by atoms with E-state index >= 15 is 0 Å². The van der Waals surface area contributed by atoms with Crippen molar-refractivity contribution in [2.24, 2.45) is 0 Å². The number of sulfonamides is 1. The molecule has 0 bridgehead atoms. The van der Waals surface area contributed by atoms with Crippen LogP contribution in [0, 0.1) is 11.8 Å². The second-order valence-corrected chi connectivity index (χ2v) is 6.82. The van der Waals surface area contributed by atoms with Crippen molar-refractivity contribution in [3.8, 4) is 11.8 Å². The Morgan fingerprint density at radius 3 is 2.71 bits per heavy atom. The van der Waals surface area contributed by atoms with Crippen molar-refractivity contribution in [2.75, 3.05) is 27.2 Å². The smallest absolute Gasteiger partial charge is 0.240 e. The Morgan fingerprint density at radius 2 is 2.10 bits per heavy atom. The van der Waals surface area contributed by atoms with Gasteiger partial charge in [-0.15, -0.1) is 0 Å². The average molecular weight is 310 g/mol. The van der Waals surface area contributed by atoms with Crippen LogP contribution in [0.4, 0.5) is 0 Å². The predicted octanol–water partition coefficient (Wildman–Crippen LogP) is 0.649. The lowest BCUT2D eigenvalue weighted by molar-refractivity contribution is 0.350. The second kappa shape index (κ2) is 8.15. The Labute approximate surface area is 127 Å². The average Bonchev–Trinajstić information content (AvgIpc) is 2.43. The third-order valence-electron chi connectivity index (χ3n) is 2.82. The molecular formula is C15H22N2O3S. The summed E-state index contributed by atoms with van der Waals surface area (Å²) in [6.45, 7) is 2.40. The summed E-state index contributed by atoms with van der Waals surface area (Å²) in [7, 11) is 0.344. The number of nitrogens with zero attached hydrogens (tertiary/aromatic N) is 1. The summed E-state index contributed by atoms with van der Waals surface area (Å²) in [5, 5.41) is 8.67. The molecule has 1 aromatic carbocycles. The predicted molar refractivity (Wildman–Crippen MR) is 83.4 cm³/mol. The summed E-state index contributed by atoms with van der Waals surface area (Å²) in [5.74, 6) is 5.20. The van der Waals surface area contributed by atoms with E-state index in [9.17, 15) is 8.42 Å². The van der Waals surface area contributed by atoms with Crippen molar-refractivity contribution in [1.82, 2.24) is 9.62 Å². The Morgan fingerprint density at radius 1 is 1.38 bits per heavy atom. The first-order valence-electron chi connectivity index (χ1n) is 6.72. The van der Waals surface area contributed by atoms with Crippen LogP contribution in [0.25, 0.3) is 0 Å². The maximum Gasteiger partial charge on any atom is 0.240 e. The van der Waals surface area contributed by atoms with Gasteiger partial charge in [0.1, 0.15) is 6.61 Å². The standard InChI is InChI=1S/C15H22N2O3S/c1-13(9-10-17(2)3)16-21(19,20)15-8-4-6-14(12-15)7-5-11-18/h4,6,8,12-13,16,18H,9-11H2,1-3H3. The Balaban J connectivity index is 2.83. The largest absolute Gasteiger partial charge is 0.384 e. The molecule has 0 amide bonds. The molecule has 5 nitrogen and oxygen atoms in total. The Hall–Kier alpha value is -1.39. The molecule has 0 spiro atoms. The van der Waals surface area contributed by atoms with Crippen molar-refractivity contribution in [3.63, 3.8) is 0 Å². The van der Waals surface area contributed by atoms with Crippen molar-refractivity contribution in [2.45, 2.75) is 24.3 Å². The van der Waals surface area contributed by atoms with Crippen LogP contribution >= 0.6 is 0 Å². The number of nitrogens with one attached hydrogen (secondary N) is 1. The van der Waals surface area contributed by atoms with E-state index in [-0.39, 0.29) is 17.5 Å².